The number of halogens is 2. The SMILES string of the molecule is O=C1NCCC=C1c1c(C(=O)O)n(CC2Cc3cn[nH]c3C=C2F)c2cc(F)c3c(c12)OCC3. The van der Waals surface area contributed by atoms with Gasteiger partial charge in [-0.05, 0) is 30.5 Å². The number of rotatable bonds is 4. The third kappa shape index (κ3) is 2.98. The fourth-order valence-electron chi connectivity index (χ4n) is 5.21. The maximum Gasteiger partial charge on any atom is 0.353 e. The van der Waals surface area contributed by atoms with Crippen LogP contribution < -0.4 is 10.1 Å². The molecular weight excluding hydrogens is 446 g/mol. The van der Waals surface area contributed by atoms with E-state index < -0.39 is 29.4 Å². The summed E-state index contributed by atoms with van der Waals surface area (Å²) in [7, 11) is 0. The van der Waals surface area contributed by atoms with E-state index in [-0.39, 0.29) is 41.2 Å². The van der Waals surface area contributed by atoms with Gasteiger partial charge in [0.1, 0.15) is 23.1 Å². The number of nitrogens with one attached hydrogen (secondary N) is 2. The van der Waals surface area contributed by atoms with Crippen molar-refractivity contribution in [1.29, 1.82) is 0 Å². The molecule has 1 atom stereocenters. The van der Waals surface area contributed by atoms with Gasteiger partial charge in [-0.2, -0.15) is 5.10 Å². The molecular formula is C24H20F2N4O4. The number of aromatic amines is 1. The zero-order valence-corrected chi connectivity index (χ0v) is 18.0. The molecule has 3 aliphatic rings. The maximum absolute atomic E-state index is 15.0. The molecule has 0 saturated heterocycles. The van der Waals surface area contributed by atoms with Gasteiger partial charge in [0, 0.05) is 42.1 Å². The van der Waals surface area contributed by atoms with Gasteiger partial charge in [-0.15, -0.1) is 0 Å². The first-order valence-electron chi connectivity index (χ1n) is 11.1. The third-order valence-electron chi connectivity index (χ3n) is 6.74. The summed E-state index contributed by atoms with van der Waals surface area (Å²) in [6, 6.07) is 1.27. The van der Waals surface area contributed by atoms with Crippen molar-refractivity contribution in [2.45, 2.75) is 25.8 Å². The van der Waals surface area contributed by atoms with Gasteiger partial charge in [0.05, 0.1) is 29.4 Å². The molecule has 1 unspecified atom stereocenters. The monoisotopic (exact) mass is 466 g/mol. The zero-order valence-electron chi connectivity index (χ0n) is 18.0. The van der Waals surface area contributed by atoms with Crippen LogP contribution >= 0.6 is 0 Å². The van der Waals surface area contributed by atoms with Crippen molar-refractivity contribution >= 4 is 34.4 Å². The van der Waals surface area contributed by atoms with E-state index in [1.54, 1.807) is 12.3 Å². The number of carbonyl (C=O) groups is 2. The number of benzene rings is 1. The van der Waals surface area contributed by atoms with E-state index in [0.29, 0.717) is 42.5 Å². The number of carboxylic acids is 1. The van der Waals surface area contributed by atoms with E-state index in [1.807, 2.05) is 0 Å². The number of allylic oxidation sites excluding steroid dienone is 1. The Morgan fingerprint density at radius 3 is 3.00 bits per heavy atom. The van der Waals surface area contributed by atoms with Crippen LogP contribution in [0.3, 0.4) is 0 Å². The van der Waals surface area contributed by atoms with Gasteiger partial charge >= 0.3 is 5.97 Å². The smallest absolute Gasteiger partial charge is 0.353 e. The second kappa shape index (κ2) is 7.54. The lowest BCUT2D eigenvalue weighted by Crippen LogP contribution is -2.29. The first kappa shape index (κ1) is 20.6. The summed E-state index contributed by atoms with van der Waals surface area (Å²) in [5.74, 6) is -3.07. The maximum atomic E-state index is 15.0. The van der Waals surface area contributed by atoms with Crippen LogP contribution in [0.1, 0.15) is 39.3 Å². The second-order valence-corrected chi connectivity index (χ2v) is 8.70. The molecule has 1 amide bonds. The number of hydrogen-bond acceptors (Lipinski definition) is 4. The molecule has 10 heteroatoms. The Kier molecular flexibility index (Phi) is 4.58. The number of carboxylic acid groups (broad SMARTS) is 1. The molecule has 1 aliphatic carbocycles. The molecule has 0 saturated carbocycles. The van der Waals surface area contributed by atoms with Gasteiger partial charge in [-0.3, -0.25) is 9.89 Å². The van der Waals surface area contributed by atoms with E-state index in [2.05, 4.69) is 15.5 Å². The van der Waals surface area contributed by atoms with Crippen molar-refractivity contribution in [3.63, 3.8) is 0 Å². The topological polar surface area (TPSA) is 109 Å². The molecule has 4 heterocycles. The highest BCUT2D eigenvalue weighted by Gasteiger charge is 2.35. The first-order valence-corrected chi connectivity index (χ1v) is 11.1. The number of amides is 1. The number of aromatic nitrogens is 3. The minimum Gasteiger partial charge on any atom is -0.492 e. The molecule has 2 aromatic heterocycles. The van der Waals surface area contributed by atoms with Crippen LogP contribution in [0.2, 0.25) is 0 Å². The predicted molar refractivity (Wildman–Crippen MR) is 119 cm³/mol. The summed E-state index contributed by atoms with van der Waals surface area (Å²) in [6.07, 6.45) is 5.82. The van der Waals surface area contributed by atoms with Crippen molar-refractivity contribution in [1.82, 2.24) is 20.1 Å². The van der Waals surface area contributed by atoms with Gasteiger partial charge in [0.25, 0.3) is 5.91 Å². The van der Waals surface area contributed by atoms with Crippen molar-refractivity contribution in [3.05, 3.63) is 58.1 Å². The molecule has 6 rings (SSSR count). The number of aromatic carboxylic acids is 1. The Labute approximate surface area is 191 Å². The lowest BCUT2D eigenvalue weighted by molar-refractivity contribution is -0.115. The molecule has 174 valence electrons. The van der Waals surface area contributed by atoms with Crippen LogP contribution in [0, 0.1) is 11.7 Å². The highest BCUT2D eigenvalue weighted by Crippen LogP contribution is 2.44. The highest BCUT2D eigenvalue weighted by atomic mass is 19.1. The van der Waals surface area contributed by atoms with Gasteiger partial charge in [-0.25, -0.2) is 13.6 Å². The van der Waals surface area contributed by atoms with E-state index >= 15 is 8.78 Å². The largest absolute Gasteiger partial charge is 0.492 e. The molecule has 3 N–H and O–H groups in total. The molecule has 0 spiro atoms. The zero-order chi connectivity index (χ0) is 23.6. The van der Waals surface area contributed by atoms with Crippen LogP contribution in [0.25, 0.3) is 22.6 Å². The van der Waals surface area contributed by atoms with Crippen molar-refractivity contribution in [3.8, 4) is 5.75 Å². The van der Waals surface area contributed by atoms with E-state index in [1.165, 1.54) is 16.7 Å². The van der Waals surface area contributed by atoms with E-state index in [0.717, 1.165) is 5.56 Å². The van der Waals surface area contributed by atoms with E-state index in [4.69, 9.17) is 4.74 Å². The normalized spacial score (nSPS) is 19.2. The molecule has 2 aliphatic heterocycles. The molecule has 3 aromatic rings. The summed E-state index contributed by atoms with van der Waals surface area (Å²) in [6.45, 7) is 0.642. The Hall–Kier alpha value is -3.95. The Bertz CT molecular complexity index is 1450. The number of carbonyl (C=O) groups excluding carboxylic acids is 1. The molecule has 0 fully saturated rings. The Morgan fingerprint density at radius 2 is 2.21 bits per heavy atom. The fraction of sp³-hybridized carbons (Fsp3) is 0.292. The molecule has 0 radical (unpaired) electrons. The van der Waals surface area contributed by atoms with Gasteiger partial charge in [0.2, 0.25) is 0 Å². The Balaban J connectivity index is 1.61. The van der Waals surface area contributed by atoms with Crippen LogP contribution in [-0.4, -0.2) is 44.9 Å². The molecule has 34 heavy (non-hydrogen) atoms. The summed E-state index contributed by atoms with van der Waals surface area (Å²) in [4.78, 5) is 25.4. The number of nitrogens with zero attached hydrogens (tertiary/aromatic N) is 2. The fourth-order valence-corrected chi connectivity index (χ4v) is 5.21. The van der Waals surface area contributed by atoms with Crippen LogP contribution in [0.15, 0.2) is 24.2 Å². The average molecular weight is 466 g/mol. The van der Waals surface area contributed by atoms with Crippen LogP contribution in [0.4, 0.5) is 8.78 Å². The highest BCUT2D eigenvalue weighted by molar-refractivity contribution is 6.26. The predicted octanol–water partition coefficient (Wildman–Crippen LogP) is 3.22. The van der Waals surface area contributed by atoms with Crippen LogP contribution in [-0.2, 0) is 24.2 Å². The summed E-state index contributed by atoms with van der Waals surface area (Å²) in [5, 5.41) is 20.1. The quantitative estimate of drug-likeness (QED) is 0.547. The van der Waals surface area contributed by atoms with Crippen molar-refractivity contribution in [2.75, 3.05) is 13.2 Å². The van der Waals surface area contributed by atoms with Crippen molar-refractivity contribution < 1.29 is 28.2 Å². The average Bonchev–Trinajstić information content (AvgIpc) is 3.52. The van der Waals surface area contributed by atoms with Gasteiger partial charge in [0.15, 0.2) is 0 Å². The third-order valence-corrected chi connectivity index (χ3v) is 6.74. The number of H-pyrrole nitrogens is 1. The second-order valence-electron chi connectivity index (χ2n) is 8.70. The summed E-state index contributed by atoms with van der Waals surface area (Å²) < 4.78 is 37.2. The minimum atomic E-state index is -1.29. The molecule has 0 bridgehead atoms. The first-order chi connectivity index (χ1) is 16.4. The van der Waals surface area contributed by atoms with E-state index in [9.17, 15) is 14.7 Å². The lowest BCUT2D eigenvalue weighted by atomic mass is 9.92. The standard InChI is InChI=1S/C24H20F2N4O4/c25-15-7-17-11(9-28-29-17)6-12(15)10-30-18-8-16(26)13-3-5-34-22(13)20(18)19(21(30)24(32)33)14-2-1-4-27-23(14)31/h2,7-9,12H,1,3-6,10H2,(H,27,31)(H,28,29)(H,32,33). The number of fused-ring (bicyclic) bond motifs is 4. The summed E-state index contributed by atoms with van der Waals surface area (Å²) in [5.41, 5.74) is 2.20. The Morgan fingerprint density at radius 1 is 1.35 bits per heavy atom. The lowest BCUT2D eigenvalue weighted by Gasteiger charge is -2.21. The number of ether oxygens (including phenoxy) is 1. The van der Waals surface area contributed by atoms with Crippen LogP contribution in [0.5, 0.6) is 5.75 Å². The minimum absolute atomic E-state index is 0.0573. The van der Waals surface area contributed by atoms with Crippen molar-refractivity contribution in [2.24, 2.45) is 5.92 Å². The van der Waals surface area contributed by atoms with Gasteiger partial charge < -0.3 is 19.7 Å². The van der Waals surface area contributed by atoms with Gasteiger partial charge in [-0.1, -0.05) is 6.08 Å². The number of hydrogen-bond donors (Lipinski definition) is 3. The molecule has 8 nitrogen and oxygen atoms in total. The molecule has 1 aromatic carbocycles. The summed E-state index contributed by atoms with van der Waals surface area (Å²) >= 11 is 0.